The van der Waals surface area contributed by atoms with Crippen molar-refractivity contribution in [2.24, 2.45) is 0 Å². The average molecular weight is 345 g/mol. The molecular weight excluding hydrogens is 327 g/mol. The lowest BCUT2D eigenvalue weighted by Gasteiger charge is -2.15. The fourth-order valence-corrected chi connectivity index (χ4v) is 3.01. The summed E-state index contributed by atoms with van der Waals surface area (Å²) >= 11 is 3.35. The van der Waals surface area contributed by atoms with E-state index in [1.807, 2.05) is 0 Å². The maximum atomic E-state index is 13.2. The van der Waals surface area contributed by atoms with Gasteiger partial charge in [0.05, 0.1) is 5.52 Å². The van der Waals surface area contributed by atoms with Crippen LogP contribution in [0.15, 0.2) is 22.8 Å². The Morgan fingerprint density at radius 2 is 2.11 bits per heavy atom. The molecule has 1 heterocycles. The number of hydrogen-bond acceptors (Lipinski definition) is 2. The molecule has 0 bridgehead atoms. The molecule has 0 aliphatic carbocycles. The minimum Gasteiger partial charge on any atom is -0.360 e. The molecule has 0 aliphatic heterocycles. The van der Waals surface area contributed by atoms with Crippen molar-refractivity contribution in [1.82, 2.24) is 9.78 Å². The second-order valence-corrected chi connectivity index (χ2v) is 12.2. The lowest BCUT2D eigenvalue weighted by molar-refractivity contribution is 0.0814. The molecule has 0 N–H and O–H groups in total. The fourth-order valence-electron chi connectivity index (χ4n) is 1.74. The quantitative estimate of drug-likeness (QED) is 0.598. The Labute approximate surface area is 121 Å². The summed E-state index contributed by atoms with van der Waals surface area (Å²) in [6.45, 7) is 8.10. The summed E-state index contributed by atoms with van der Waals surface area (Å²) in [5.41, 5.74) is 0.876. The van der Waals surface area contributed by atoms with E-state index in [1.54, 1.807) is 10.7 Å². The smallest absolute Gasteiger partial charge is 0.140 e. The van der Waals surface area contributed by atoms with Gasteiger partial charge in [-0.2, -0.15) is 5.10 Å². The molecule has 2 rings (SSSR count). The number of aromatic nitrogens is 2. The molecule has 104 valence electrons. The predicted octanol–water partition coefficient (Wildman–Crippen LogP) is 4.25. The van der Waals surface area contributed by atoms with Gasteiger partial charge < -0.3 is 4.74 Å². The molecule has 0 atom stereocenters. The minimum absolute atomic E-state index is 0.257. The Morgan fingerprint density at radius 3 is 2.79 bits per heavy atom. The highest BCUT2D eigenvalue weighted by atomic mass is 79.9. The highest BCUT2D eigenvalue weighted by molar-refractivity contribution is 9.10. The first kappa shape index (κ1) is 14.7. The molecule has 0 radical (unpaired) electrons. The van der Waals surface area contributed by atoms with Crippen LogP contribution in [0.2, 0.25) is 25.7 Å². The summed E-state index contributed by atoms with van der Waals surface area (Å²) in [5, 5.41) is 5.09. The van der Waals surface area contributed by atoms with Gasteiger partial charge in [-0.15, -0.1) is 0 Å². The summed E-state index contributed by atoms with van der Waals surface area (Å²) < 4.78 is 21.2. The van der Waals surface area contributed by atoms with Crippen LogP contribution in [0.1, 0.15) is 0 Å². The maximum absolute atomic E-state index is 13.2. The van der Waals surface area contributed by atoms with Crippen LogP contribution in [0.4, 0.5) is 4.39 Å². The molecule has 0 spiro atoms. The van der Waals surface area contributed by atoms with Crippen LogP contribution >= 0.6 is 15.9 Å². The summed E-state index contributed by atoms with van der Waals surface area (Å²) in [7, 11) is -1.06. The van der Waals surface area contributed by atoms with Crippen LogP contribution in [0.3, 0.4) is 0 Å². The van der Waals surface area contributed by atoms with Crippen molar-refractivity contribution in [3.63, 3.8) is 0 Å². The molecule has 1 aromatic heterocycles. The first-order valence-electron chi connectivity index (χ1n) is 6.26. The summed E-state index contributed by atoms with van der Waals surface area (Å²) in [6.07, 6.45) is 0. The van der Waals surface area contributed by atoms with Gasteiger partial charge in [-0.3, -0.25) is 0 Å². The molecule has 0 saturated heterocycles. The van der Waals surface area contributed by atoms with E-state index in [0.717, 1.165) is 23.6 Å². The van der Waals surface area contributed by atoms with Crippen LogP contribution in [-0.2, 0) is 11.5 Å². The molecule has 0 saturated carbocycles. The third kappa shape index (κ3) is 3.87. The van der Waals surface area contributed by atoms with Gasteiger partial charge in [0.2, 0.25) is 0 Å². The number of nitrogens with zero attached hydrogens (tertiary/aromatic N) is 2. The SMILES string of the molecule is C[Si](C)(C)CCOCn1nc(Br)c2cc(F)ccc21. The van der Waals surface area contributed by atoms with Crippen LogP contribution in [0.5, 0.6) is 0 Å². The number of fused-ring (bicyclic) bond motifs is 1. The summed E-state index contributed by atoms with van der Waals surface area (Å²) in [6, 6.07) is 5.77. The number of halogens is 2. The second-order valence-electron chi connectivity index (χ2n) is 5.80. The molecule has 19 heavy (non-hydrogen) atoms. The molecule has 6 heteroatoms. The first-order chi connectivity index (χ1) is 8.87. The molecule has 2 aromatic rings. The van der Waals surface area contributed by atoms with E-state index < -0.39 is 8.07 Å². The van der Waals surface area contributed by atoms with E-state index in [-0.39, 0.29) is 5.82 Å². The largest absolute Gasteiger partial charge is 0.360 e. The van der Waals surface area contributed by atoms with Crippen molar-refractivity contribution in [2.45, 2.75) is 32.4 Å². The van der Waals surface area contributed by atoms with Gasteiger partial charge in [-0.05, 0) is 40.2 Å². The second kappa shape index (κ2) is 5.72. The number of ether oxygens (including phenoxy) is 1. The van der Waals surface area contributed by atoms with Crippen molar-refractivity contribution >= 4 is 34.9 Å². The summed E-state index contributed by atoms with van der Waals surface area (Å²) in [5.74, 6) is -0.257. The lowest BCUT2D eigenvalue weighted by atomic mass is 10.2. The normalized spacial score (nSPS) is 12.3. The van der Waals surface area contributed by atoms with Gasteiger partial charge in [0, 0.05) is 20.1 Å². The van der Waals surface area contributed by atoms with Crippen LogP contribution in [-0.4, -0.2) is 24.5 Å². The Hall–Kier alpha value is -0.723. The van der Waals surface area contributed by atoms with Gasteiger partial charge in [-0.25, -0.2) is 9.07 Å². The first-order valence-corrected chi connectivity index (χ1v) is 10.8. The zero-order valence-corrected chi connectivity index (χ0v) is 14.0. The third-order valence-corrected chi connectivity index (χ3v) is 5.17. The van der Waals surface area contributed by atoms with Gasteiger partial charge in [0.1, 0.15) is 17.2 Å². The predicted molar refractivity (Wildman–Crippen MR) is 81.5 cm³/mol. The molecule has 0 unspecified atom stereocenters. The number of rotatable bonds is 5. The van der Waals surface area contributed by atoms with E-state index in [9.17, 15) is 4.39 Å². The maximum Gasteiger partial charge on any atom is 0.140 e. The Balaban J connectivity index is 2.05. The van der Waals surface area contributed by atoms with Gasteiger partial charge in [0.15, 0.2) is 0 Å². The Morgan fingerprint density at radius 1 is 1.37 bits per heavy atom. The summed E-state index contributed by atoms with van der Waals surface area (Å²) in [4.78, 5) is 0. The highest BCUT2D eigenvalue weighted by Crippen LogP contribution is 2.24. The van der Waals surface area contributed by atoms with E-state index in [2.05, 4.69) is 40.7 Å². The molecule has 0 fully saturated rings. The zero-order chi connectivity index (χ0) is 14.0. The monoisotopic (exact) mass is 344 g/mol. The fraction of sp³-hybridized carbons (Fsp3) is 0.462. The third-order valence-electron chi connectivity index (χ3n) is 2.88. The minimum atomic E-state index is -1.06. The molecule has 0 amide bonds. The topological polar surface area (TPSA) is 27.1 Å². The van der Waals surface area contributed by atoms with E-state index in [0.29, 0.717) is 11.3 Å². The van der Waals surface area contributed by atoms with Gasteiger partial charge in [0.25, 0.3) is 0 Å². The van der Waals surface area contributed by atoms with Crippen molar-refractivity contribution in [2.75, 3.05) is 6.61 Å². The standard InChI is InChI=1S/C13H18BrFN2OSi/c1-19(2,3)7-6-18-9-17-12-5-4-10(15)8-11(12)13(14)16-17/h4-5,8H,6-7,9H2,1-3H3. The van der Waals surface area contributed by atoms with Crippen molar-refractivity contribution < 1.29 is 9.13 Å². The molecular formula is C13H18BrFN2OSi. The molecule has 0 aliphatic rings. The Bertz CT molecular complexity index is 580. The zero-order valence-electron chi connectivity index (χ0n) is 11.4. The molecule has 3 nitrogen and oxygen atoms in total. The van der Waals surface area contributed by atoms with Crippen molar-refractivity contribution in [3.8, 4) is 0 Å². The number of benzene rings is 1. The lowest BCUT2D eigenvalue weighted by Crippen LogP contribution is -2.22. The Kier molecular flexibility index (Phi) is 4.42. The van der Waals surface area contributed by atoms with Gasteiger partial charge >= 0.3 is 0 Å². The van der Waals surface area contributed by atoms with E-state index in [1.165, 1.54) is 12.1 Å². The van der Waals surface area contributed by atoms with Crippen molar-refractivity contribution in [3.05, 3.63) is 28.6 Å². The highest BCUT2D eigenvalue weighted by Gasteiger charge is 2.13. The van der Waals surface area contributed by atoms with Crippen LogP contribution < -0.4 is 0 Å². The number of hydrogen-bond donors (Lipinski definition) is 0. The van der Waals surface area contributed by atoms with E-state index in [4.69, 9.17) is 4.74 Å². The molecule has 1 aromatic carbocycles. The van der Waals surface area contributed by atoms with Crippen LogP contribution in [0.25, 0.3) is 10.9 Å². The van der Waals surface area contributed by atoms with E-state index >= 15 is 0 Å². The van der Waals surface area contributed by atoms with Gasteiger partial charge in [-0.1, -0.05) is 19.6 Å². The average Bonchev–Trinajstić information content (AvgIpc) is 2.60. The van der Waals surface area contributed by atoms with Crippen molar-refractivity contribution in [1.29, 1.82) is 0 Å². The van der Waals surface area contributed by atoms with Crippen LogP contribution in [0, 0.1) is 5.82 Å².